The molecule has 1 amide bonds. The van der Waals surface area contributed by atoms with Crippen molar-refractivity contribution in [3.8, 4) is 0 Å². The first-order valence-electron chi connectivity index (χ1n) is 7.50. The summed E-state index contributed by atoms with van der Waals surface area (Å²) in [7, 11) is 0. The average Bonchev–Trinajstić information content (AvgIpc) is 2.56. The third-order valence-electron chi connectivity index (χ3n) is 3.90. The summed E-state index contributed by atoms with van der Waals surface area (Å²) in [6.07, 6.45) is 2.42. The standard InChI is InChI=1S/C16H15BrN4O3/c1-2-20-14-5-4-11(7-10(14)3-6-15(20)22)19-16-13(17)8-12(9-18-16)21(23)24/h4-5,7-9H,2-3,6H2,1H3,(H,18,19). The lowest BCUT2D eigenvalue weighted by atomic mass is 10.0. The molecule has 0 saturated heterocycles. The van der Waals surface area contributed by atoms with E-state index in [1.807, 2.05) is 25.1 Å². The van der Waals surface area contributed by atoms with Crippen LogP contribution in [0, 0.1) is 10.1 Å². The number of benzene rings is 1. The fourth-order valence-electron chi connectivity index (χ4n) is 2.74. The van der Waals surface area contributed by atoms with E-state index in [1.54, 1.807) is 4.90 Å². The lowest BCUT2D eigenvalue weighted by Crippen LogP contribution is -2.34. The summed E-state index contributed by atoms with van der Waals surface area (Å²) in [6.45, 7) is 2.60. The highest BCUT2D eigenvalue weighted by Crippen LogP contribution is 2.32. The number of carbonyl (C=O) groups is 1. The van der Waals surface area contributed by atoms with Crippen molar-refractivity contribution in [2.24, 2.45) is 0 Å². The summed E-state index contributed by atoms with van der Waals surface area (Å²) in [4.78, 5) is 28.1. The number of aryl methyl sites for hydroxylation is 1. The Hall–Kier alpha value is -2.48. The zero-order valence-electron chi connectivity index (χ0n) is 13.0. The summed E-state index contributed by atoms with van der Waals surface area (Å²) in [5.74, 6) is 0.644. The molecule has 0 radical (unpaired) electrons. The quantitative estimate of drug-likeness (QED) is 0.633. The Morgan fingerprint density at radius 1 is 1.38 bits per heavy atom. The van der Waals surface area contributed by atoms with Crippen LogP contribution in [-0.2, 0) is 11.2 Å². The van der Waals surface area contributed by atoms with Crippen molar-refractivity contribution in [2.45, 2.75) is 19.8 Å². The first-order valence-corrected chi connectivity index (χ1v) is 8.29. The van der Waals surface area contributed by atoms with Gasteiger partial charge in [0, 0.05) is 30.4 Å². The van der Waals surface area contributed by atoms with Crippen LogP contribution in [0.3, 0.4) is 0 Å². The van der Waals surface area contributed by atoms with Crippen LogP contribution in [0.2, 0.25) is 0 Å². The van der Waals surface area contributed by atoms with Gasteiger partial charge >= 0.3 is 0 Å². The number of pyridine rings is 1. The molecule has 1 aliphatic rings. The Bertz CT molecular complexity index is 825. The maximum atomic E-state index is 11.9. The molecule has 0 atom stereocenters. The molecule has 8 heteroatoms. The molecule has 1 aromatic heterocycles. The van der Waals surface area contributed by atoms with E-state index in [1.165, 1.54) is 12.3 Å². The summed E-state index contributed by atoms with van der Waals surface area (Å²) in [6, 6.07) is 7.18. The zero-order chi connectivity index (χ0) is 17.3. The number of fused-ring (bicyclic) bond motifs is 1. The monoisotopic (exact) mass is 390 g/mol. The van der Waals surface area contributed by atoms with E-state index in [4.69, 9.17) is 0 Å². The Balaban J connectivity index is 1.87. The van der Waals surface area contributed by atoms with Gasteiger partial charge in [-0.1, -0.05) is 0 Å². The molecule has 0 bridgehead atoms. The fraction of sp³-hybridized carbons (Fsp3) is 0.250. The normalized spacial score (nSPS) is 13.6. The molecule has 0 spiro atoms. The van der Waals surface area contributed by atoms with Crippen LogP contribution in [0.25, 0.3) is 0 Å². The van der Waals surface area contributed by atoms with E-state index in [2.05, 4.69) is 26.2 Å². The van der Waals surface area contributed by atoms with Gasteiger partial charge in [-0.25, -0.2) is 4.98 Å². The van der Waals surface area contributed by atoms with Crippen LogP contribution in [0.4, 0.5) is 22.9 Å². The molecule has 1 N–H and O–H groups in total. The molecule has 3 rings (SSSR count). The molecule has 0 saturated carbocycles. The molecule has 0 fully saturated rings. The lowest BCUT2D eigenvalue weighted by molar-refractivity contribution is -0.385. The van der Waals surface area contributed by atoms with Crippen LogP contribution in [0.1, 0.15) is 18.9 Å². The number of nitrogens with zero attached hydrogens (tertiary/aromatic N) is 3. The van der Waals surface area contributed by atoms with Crippen LogP contribution >= 0.6 is 15.9 Å². The van der Waals surface area contributed by atoms with Gasteiger partial charge in [0.2, 0.25) is 5.91 Å². The number of halogens is 1. The zero-order valence-corrected chi connectivity index (χ0v) is 14.5. The second-order valence-electron chi connectivity index (χ2n) is 5.39. The average molecular weight is 391 g/mol. The van der Waals surface area contributed by atoms with Crippen molar-refractivity contribution in [3.63, 3.8) is 0 Å². The highest BCUT2D eigenvalue weighted by molar-refractivity contribution is 9.10. The van der Waals surface area contributed by atoms with Gasteiger partial charge in [-0.3, -0.25) is 14.9 Å². The topological polar surface area (TPSA) is 88.4 Å². The Labute approximate surface area is 147 Å². The third-order valence-corrected chi connectivity index (χ3v) is 4.50. The minimum absolute atomic E-state index is 0.0741. The number of nitro groups is 1. The largest absolute Gasteiger partial charge is 0.339 e. The summed E-state index contributed by atoms with van der Waals surface area (Å²) >= 11 is 3.29. The number of amides is 1. The van der Waals surface area contributed by atoms with Gasteiger partial charge in [-0.05, 0) is 53.0 Å². The summed E-state index contributed by atoms with van der Waals surface area (Å²) in [5, 5.41) is 13.9. The van der Waals surface area contributed by atoms with E-state index < -0.39 is 4.92 Å². The van der Waals surface area contributed by atoms with Gasteiger partial charge in [0.05, 0.1) is 9.40 Å². The Morgan fingerprint density at radius 2 is 2.17 bits per heavy atom. The maximum absolute atomic E-state index is 11.9. The molecule has 1 aliphatic heterocycles. The minimum atomic E-state index is -0.489. The molecule has 24 heavy (non-hydrogen) atoms. The molecule has 124 valence electrons. The van der Waals surface area contributed by atoms with Gasteiger partial charge in [0.25, 0.3) is 5.69 Å². The number of carbonyl (C=O) groups excluding carboxylic acids is 1. The molecule has 0 unspecified atom stereocenters. The predicted molar refractivity (Wildman–Crippen MR) is 94.7 cm³/mol. The van der Waals surface area contributed by atoms with Crippen LogP contribution < -0.4 is 10.2 Å². The smallest absolute Gasteiger partial charge is 0.288 e. The Kier molecular flexibility index (Phi) is 4.48. The minimum Gasteiger partial charge on any atom is -0.339 e. The number of rotatable bonds is 4. The predicted octanol–water partition coefficient (Wildman–Crippen LogP) is 3.80. The number of hydrogen-bond acceptors (Lipinski definition) is 5. The number of nitrogens with one attached hydrogen (secondary N) is 1. The van der Waals surface area contributed by atoms with Gasteiger partial charge in [0.15, 0.2) is 0 Å². The number of hydrogen-bond donors (Lipinski definition) is 1. The molecule has 0 aliphatic carbocycles. The van der Waals surface area contributed by atoms with Crippen molar-refractivity contribution in [1.29, 1.82) is 0 Å². The third kappa shape index (κ3) is 3.09. The second-order valence-corrected chi connectivity index (χ2v) is 6.24. The van der Waals surface area contributed by atoms with Crippen molar-refractivity contribution in [2.75, 3.05) is 16.8 Å². The second kappa shape index (κ2) is 6.56. The number of aromatic nitrogens is 1. The highest BCUT2D eigenvalue weighted by Gasteiger charge is 2.23. The van der Waals surface area contributed by atoms with Crippen molar-refractivity contribution in [1.82, 2.24) is 4.98 Å². The molecule has 2 heterocycles. The van der Waals surface area contributed by atoms with Crippen LogP contribution in [-0.4, -0.2) is 22.4 Å². The first-order chi connectivity index (χ1) is 11.5. The van der Waals surface area contributed by atoms with Crippen LogP contribution in [0.5, 0.6) is 0 Å². The maximum Gasteiger partial charge on any atom is 0.288 e. The van der Waals surface area contributed by atoms with Gasteiger partial charge < -0.3 is 10.2 Å². The fourth-order valence-corrected chi connectivity index (χ4v) is 3.18. The van der Waals surface area contributed by atoms with Gasteiger partial charge in [-0.15, -0.1) is 0 Å². The summed E-state index contributed by atoms with van der Waals surface area (Å²) < 4.78 is 0.514. The highest BCUT2D eigenvalue weighted by atomic mass is 79.9. The van der Waals surface area contributed by atoms with Crippen molar-refractivity contribution in [3.05, 3.63) is 50.6 Å². The van der Waals surface area contributed by atoms with E-state index in [-0.39, 0.29) is 11.6 Å². The number of anilines is 3. The SMILES string of the molecule is CCN1C(=O)CCc2cc(Nc3ncc([N+](=O)[O-])cc3Br)ccc21. The van der Waals surface area contributed by atoms with Crippen molar-refractivity contribution < 1.29 is 9.72 Å². The van der Waals surface area contributed by atoms with E-state index >= 15 is 0 Å². The molecular formula is C16H15BrN4O3. The molecular weight excluding hydrogens is 376 g/mol. The van der Waals surface area contributed by atoms with Gasteiger partial charge in [0.1, 0.15) is 12.0 Å². The lowest BCUT2D eigenvalue weighted by Gasteiger charge is -2.28. The van der Waals surface area contributed by atoms with E-state index in [0.29, 0.717) is 29.7 Å². The summed E-state index contributed by atoms with van der Waals surface area (Å²) in [5.41, 5.74) is 2.78. The van der Waals surface area contributed by atoms with Crippen LogP contribution in [0.15, 0.2) is 34.9 Å². The Morgan fingerprint density at radius 3 is 2.83 bits per heavy atom. The van der Waals surface area contributed by atoms with E-state index in [0.717, 1.165) is 16.9 Å². The van der Waals surface area contributed by atoms with E-state index in [9.17, 15) is 14.9 Å². The molecule has 1 aromatic carbocycles. The van der Waals surface area contributed by atoms with Gasteiger partial charge in [-0.2, -0.15) is 0 Å². The molecule has 7 nitrogen and oxygen atoms in total. The first kappa shape index (κ1) is 16.4. The van der Waals surface area contributed by atoms with Crippen molar-refractivity contribution >= 4 is 44.7 Å². The molecule has 2 aromatic rings.